The molecule has 1 aromatic rings. The number of benzene rings is 1. The summed E-state index contributed by atoms with van der Waals surface area (Å²) in [5.74, 6) is 0.128. The van der Waals surface area contributed by atoms with E-state index in [2.05, 4.69) is 0 Å². The number of nitrogens with zero attached hydrogens (tertiary/aromatic N) is 1. The molecule has 1 saturated heterocycles. The Bertz CT molecular complexity index is 434. The lowest BCUT2D eigenvalue weighted by Gasteiger charge is -2.23. The zero-order valence-corrected chi connectivity index (χ0v) is 10.9. The number of carbonyl (C=O) groups is 1. The molecular weight excluding hydrogens is 228 g/mol. The molecule has 18 heavy (non-hydrogen) atoms. The highest BCUT2D eigenvalue weighted by Crippen LogP contribution is 2.23. The quantitative estimate of drug-likeness (QED) is 0.828. The molecule has 0 aromatic heterocycles. The van der Waals surface area contributed by atoms with Crippen LogP contribution in [0.1, 0.15) is 18.9 Å². The van der Waals surface area contributed by atoms with Crippen LogP contribution in [-0.2, 0) is 16.1 Å². The first-order chi connectivity index (χ1) is 8.59. The highest BCUT2D eigenvalue weighted by Gasteiger charge is 2.32. The van der Waals surface area contributed by atoms with Gasteiger partial charge < -0.3 is 15.4 Å². The van der Waals surface area contributed by atoms with E-state index in [0.717, 1.165) is 17.7 Å². The van der Waals surface area contributed by atoms with Crippen LogP contribution in [0.5, 0.6) is 0 Å². The van der Waals surface area contributed by atoms with Crippen LogP contribution in [0.25, 0.3) is 0 Å². The lowest BCUT2D eigenvalue weighted by Crippen LogP contribution is -2.35. The van der Waals surface area contributed by atoms with Crippen LogP contribution >= 0.6 is 0 Å². The molecule has 1 aliphatic rings. The Kier molecular flexibility index (Phi) is 3.87. The summed E-state index contributed by atoms with van der Waals surface area (Å²) in [7, 11) is 1.82. The molecule has 0 aliphatic carbocycles. The molecule has 2 rings (SSSR count). The van der Waals surface area contributed by atoms with Crippen molar-refractivity contribution in [1.29, 1.82) is 0 Å². The van der Waals surface area contributed by atoms with Crippen LogP contribution in [0.4, 0.5) is 5.69 Å². The van der Waals surface area contributed by atoms with E-state index in [1.807, 2.05) is 38.2 Å². The largest absolute Gasteiger partial charge is 0.398 e. The minimum absolute atomic E-state index is 0.0139. The Morgan fingerprint density at radius 3 is 2.83 bits per heavy atom. The normalized spacial score (nSPS) is 23.0. The molecule has 0 saturated carbocycles. The van der Waals surface area contributed by atoms with Crippen molar-refractivity contribution in [3.63, 3.8) is 0 Å². The average molecular weight is 248 g/mol. The molecular formula is C14H20N2O2. The third-order valence-corrected chi connectivity index (χ3v) is 3.53. The number of nitrogens with two attached hydrogens (primary N) is 1. The van der Waals surface area contributed by atoms with Crippen molar-refractivity contribution in [2.45, 2.75) is 26.0 Å². The van der Waals surface area contributed by atoms with Gasteiger partial charge in [-0.25, -0.2) is 0 Å². The molecule has 2 atom stereocenters. The highest BCUT2D eigenvalue weighted by atomic mass is 16.5. The molecule has 4 heteroatoms. The summed E-state index contributed by atoms with van der Waals surface area (Å²) in [6.45, 7) is 3.19. The van der Waals surface area contributed by atoms with Gasteiger partial charge in [-0.05, 0) is 25.0 Å². The van der Waals surface area contributed by atoms with Crippen molar-refractivity contribution in [2.75, 3.05) is 19.4 Å². The number of anilines is 1. The Morgan fingerprint density at radius 2 is 2.22 bits per heavy atom. The lowest BCUT2D eigenvalue weighted by atomic mass is 10.0. The van der Waals surface area contributed by atoms with Gasteiger partial charge in [0.15, 0.2) is 0 Å². The van der Waals surface area contributed by atoms with Crippen molar-refractivity contribution < 1.29 is 9.53 Å². The number of hydrogen-bond donors (Lipinski definition) is 1. The fourth-order valence-electron chi connectivity index (χ4n) is 2.35. The Morgan fingerprint density at radius 1 is 1.50 bits per heavy atom. The van der Waals surface area contributed by atoms with Crippen LogP contribution < -0.4 is 5.73 Å². The third-order valence-electron chi connectivity index (χ3n) is 3.53. The SMILES string of the molecule is CC1OCCC1C(=O)N(C)Cc1ccccc1N. The fourth-order valence-corrected chi connectivity index (χ4v) is 2.35. The van der Waals surface area contributed by atoms with E-state index in [1.165, 1.54) is 0 Å². The molecule has 1 fully saturated rings. The van der Waals surface area contributed by atoms with E-state index in [0.29, 0.717) is 13.2 Å². The van der Waals surface area contributed by atoms with E-state index >= 15 is 0 Å². The van der Waals surface area contributed by atoms with Crippen molar-refractivity contribution in [3.8, 4) is 0 Å². The van der Waals surface area contributed by atoms with E-state index < -0.39 is 0 Å². The second kappa shape index (κ2) is 5.40. The molecule has 0 spiro atoms. The molecule has 1 amide bonds. The maximum Gasteiger partial charge on any atom is 0.228 e. The monoisotopic (exact) mass is 248 g/mol. The van der Waals surface area contributed by atoms with E-state index in [1.54, 1.807) is 4.90 Å². The summed E-state index contributed by atoms with van der Waals surface area (Å²) >= 11 is 0. The number of hydrogen-bond acceptors (Lipinski definition) is 3. The van der Waals surface area contributed by atoms with Gasteiger partial charge in [0.1, 0.15) is 0 Å². The summed E-state index contributed by atoms with van der Waals surface area (Å²) in [5.41, 5.74) is 7.60. The zero-order valence-electron chi connectivity index (χ0n) is 10.9. The minimum atomic E-state index is -0.0139. The Labute approximate surface area is 108 Å². The van der Waals surface area contributed by atoms with Crippen LogP contribution in [0.2, 0.25) is 0 Å². The first kappa shape index (κ1) is 12.9. The average Bonchev–Trinajstić information content (AvgIpc) is 2.77. The maximum absolute atomic E-state index is 12.3. The topological polar surface area (TPSA) is 55.6 Å². The second-order valence-corrected chi connectivity index (χ2v) is 4.86. The van der Waals surface area contributed by atoms with Gasteiger partial charge in [-0.15, -0.1) is 0 Å². The molecule has 1 heterocycles. The summed E-state index contributed by atoms with van der Waals surface area (Å²) in [6, 6.07) is 7.64. The van der Waals surface area contributed by atoms with Crippen molar-refractivity contribution in [3.05, 3.63) is 29.8 Å². The van der Waals surface area contributed by atoms with Gasteiger partial charge in [-0.1, -0.05) is 18.2 Å². The Hall–Kier alpha value is -1.55. The molecule has 0 bridgehead atoms. The van der Waals surface area contributed by atoms with Gasteiger partial charge in [-0.3, -0.25) is 4.79 Å². The third kappa shape index (κ3) is 2.64. The second-order valence-electron chi connectivity index (χ2n) is 4.86. The Balaban J connectivity index is 2.01. The van der Waals surface area contributed by atoms with Gasteiger partial charge in [-0.2, -0.15) is 0 Å². The van der Waals surface area contributed by atoms with Gasteiger partial charge >= 0.3 is 0 Å². The predicted octanol–water partition coefficient (Wildman–Crippen LogP) is 1.65. The maximum atomic E-state index is 12.3. The van der Waals surface area contributed by atoms with Crippen molar-refractivity contribution in [2.24, 2.45) is 5.92 Å². The molecule has 2 N–H and O–H groups in total. The van der Waals surface area contributed by atoms with E-state index in [9.17, 15) is 4.79 Å². The molecule has 98 valence electrons. The molecule has 4 nitrogen and oxygen atoms in total. The summed E-state index contributed by atoms with van der Waals surface area (Å²) in [4.78, 5) is 14.0. The molecule has 1 aliphatic heterocycles. The first-order valence-corrected chi connectivity index (χ1v) is 6.29. The summed E-state index contributed by atoms with van der Waals surface area (Å²) in [5, 5.41) is 0. The van der Waals surface area contributed by atoms with Gasteiger partial charge in [0, 0.05) is 25.9 Å². The molecule has 1 aromatic carbocycles. The fraction of sp³-hybridized carbons (Fsp3) is 0.500. The summed E-state index contributed by atoms with van der Waals surface area (Å²) in [6.07, 6.45) is 0.835. The first-order valence-electron chi connectivity index (χ1n) is 6.29. The van der Waals surface area contributed by atoms with Crippen LogP contribution in [0, 0.1) is 5.92 Å². The van der Waals surface area contributed by atoms with Crippen LogP contribution in [0.15, 0.2) is 24.3 Å². The summed E-state index contributed by atoms with van der Waals surface area (Å²) < 4.78 is 5.44. The minimum Gasteiger partial charge on any atom is -0.398 e. The zero-order chi connectivity index (χ0) is 13.1. The lowest BCUT2D eigenvalue weighted by molar-refractivity contribution is -0.136. The number of rotatable bonds is 3. The van der Waals surface area contributed by atoms with Crippen LogP contribution in [0.3, 0.4) is 0 Å². The predicted molar refractivity (Wildman–Crippen MR) is 70.8 cm³/mol. The number of nitrogen functional groups attached to an aromatic ring is 1. The molecule has 2 unspecified atom stereocenters. The number of carbonyl (C=O) groups excluding carboxylic acids is 1. The number of ether oxygens (including phenoxy) is 1. The highest BCUT2D eigenvalue weighted by molar-refractivity contribution is 5.79. The van der Waals surface area contributed by atoms with Gasteiger partial charge in [0.05, 0.1) is 12.0 Å². The molecule has 0 radical (unpaired) electrons. The number of amides is 1. The van der Waals surface area contributed by atoms with Crippen LogP contribution in [-0.4, -0.2) is 30.6 Å². The number of para-hydroxylation sites is 1. The smallest absolute Gasteiger partial charge is 0.228 e. The van der Waals surface area contributed by atoms with Crippen molar-refractivity contribution >= 4 is 11.6 Å². The van der Waals surface area contributed by atoms with Crippen molar-refractivity contribution in [1.82, 2.24) is 4.90 Å². The van der Waals surface area contributed by atoms with Gasteiger partial charge in [0.25, 0.3) is 0 Å². The van der Waals surface area contributed by atoms with E-state index in [4.69, 9.17) is 10.5 Å². The standard InChI is InChI=1S/C14H20N2O2/c1-10-12(7-8-18-10)14(17)16(2)9-11-5-3-4-6-13(11)15/h3-6,10,12H,7-9,15H2,1-2H3. The van der Waals surface area contributed by atoms with E-state index in [-0.39, 0.29) is 17.9 Å². The van der Waals surface area contributed by atoms with Gasteiger partial charge in [0.2, 0.25) is 5.91 Å².